The molecule has 3 aliphatic rings. The molecule has 2 aromatic heterocycles. The van der Waals surface area contributed by atoms with Gasteiger partial charge in [-0.1, -0.05) is 94.0 Å². The van der Waals surface area contributed by atoms with Crippen molar-refractivity contribution in [2.45, 2.75) is 64.8 Å². The summed E-state index contributed by atoms with van der Waals surface area (Å²) in [4.78, 5) is 0. The van der Waals surface area contributed by atoms with E-state index in [0.717, 1.165) is 25.7 Å². The Morgan fingerprint density at radius 1 is 0.822 bits per heavy atom. The number of aromatic nitrogens is 2. The molecule has 224 valence electrons. The molecule has 0 saturated carbocycles. The Hall–Kier alpha value is -4.30. The number of fused-ring (bicyclic) bond motifs is 9. The van der Waals surface area contributed by atoms with Gasteiger partial charge in [0.1, 0.15) is 7.05 Å². The first-order valence-electron chi connectivity index (χ1n) is 17.1. The number of nitrogens with zero attached hydrogens (tertiary/aromatic N) is 2. The average molecular weight is 589 g/mol. The molecule has 0 saturated heterocycles. The Labute approximate surface area is 268 Å². The largest absolute Gasteiger partial charge is 0.217 e. The van der Waals surface area contributed by atoms with Gasteiger partial charge in [0.25, 0.3) is 0 Å². The monoisotopic (exact) mass is 588 g/mol. The Balaban J connectivity index is 1.42. The third kappa shape index (κ3) is 3.81. The first-order valence-corrected chi connectivity index (χ1v) is 17.1. The molecule has 0 radical (unpaired) electrons. The van der Waals surface area contributed by atoms with Gasteiger partial charge in [0, 0.05) is 36.1 Å². The van der Waals surface area contributed by atoms with Gasteiger partial charge in [-0.2, -0.15) is 4.57 Å². The molecule has 0 fully saturated rings. The summed E-state index contributed by atoms with van der Waals surface area (Å²) in [5.74, 6) is 0.418. The fourth-order valence-corrected chi connectivity index (χ4v) is 9.46. The molecule has 0 N–H and O–H groups in total. The number of rotatable bonds is 7. The standard InChI is InChI=1S/C43H44N2/c1-5-8-15-30-21-23-34-32(28-30)25-27-45-41(34)36-18-11-12-19-37(36)43(7-3)38(29-42(43,45)6-2)35-24-22-31-16-9-10-17-33(31)40(35)39-20-13-14-26-44(39)4/h9-14,16-18,20-29,37H,5-8,15,19H2,1-4H3/q+2. The smallest absolute Gasteiger partial charge is 0.201 e. The van der Waals surface area contributed by atoms with Crippen molar-refractivity contribution in [2.24, 2.45) is 18.4 Å². The van der Waals surface area contributed by atoms with E-state index in [2.05, 4.69) is 153 Å². The second-order valence-electron chi connectivity index (χ2n) is 13.5. The molecule has 0 bridgehead atoms. The number of allylic oxidation sites excluding steroid dienone is 6. The first kappa shape index (κ1) is 28.2. The molecule has 0 spiro atoms. The van der Waals surface area contributed by atoms with E-state index in [0.29, 0.717) is 5.92 Å². The Morgan fingerprint density at radius 2 is 1.69 bits per heavy atom. The molecule has 5 aromatic rings. The number of aryl methyl sites for hydroxylation is 2. The Kier molecular flexibility index (Phi) is 6.68. The highest BCUT2D eigenvalue weighted by atomic mass is 15.1. The molecule has 0 amide bonds. The highest BCUT2D eigenvalue weighted by molar-refractivity contribution is 6.03. The molecule has 3 aromatic carbocycles. The second kappa shape index (κ2) is 10.7. The maximum atomic E-state index is 2.69. The topological polar surface area (TPSA) is 7.76 Å². The molecular weight excluding hydrogens is 544 g/mol. The van der Waals surface area contributed by atoms with Crippen molar-refractivity contribution in [3.63, 3.8) is 0 Å². The summed E-state index contributed by atoms with van der Waals surface area (Å²) in [5.41, 5.74) is 9.81. The van der Waals surface area contributed by atoms with Gasteiger partial charge in [-0.3, -0.25) is 0 Å². The van der Waals surface area contributed by atoms with Gasteiger partial charge in [0.05, 0.1) is 16.4 Å². The van der Waals surface area contributed by atoms with Crippen LogP contribution in [0.3, 0.4) is 0 Å². The number of benzene rings is 3. The van der Waals surface area contributed by atoms with Crippen molar-refractivity contribution >= 4 is 32.7 Å². The van der Waals surface area contributed by atoms with E-state index >= 15 is 0 Å². The van der Waals surface area contributed by atoms with Gasteiger partial charge in [-0.25, -0.2) is 4.57 Å². The molecular formula is C43H44N2+2. The molecule has 2 aliphatic carbocycles. The lowest BCUT2D eigenvalue weighted by Gasteiger charge is -2.60. The van der Waals surface area contributed by atoms with Crippen LogP contribution in [0, 0.1) is 11.3 Å². The van der Waals surface area contributed by atoms with E-state index in [9.17, 15) is 0 Å². The average Bonchev–Trinajstić information content (AvgIpc) is 3.07. The van der Waals surface area contributed by atoms with Crippen molar-refractivity contribution in [1.82, 2.24) is 0 Å². The van der Waals surface area contributed by atoms with Crippen molar-refractivity contribution in [3.8, 4) is 11.3 Å². The number of hydrogen-bond acceptors (Lipinski definition) is 0. The predicted molar refractivity (Wildman–Crippen MR) is 188 cm³/mol. The molecule has 2 nitrogen and oxygen atoms in total. The predicted octanol–water partition coefficient (Wildman–Crippen LogP) is 9.69. The van der Waals surface area contributed by atoms with Crippen molar-refractivity contribution < 1.29 is 9.13 Å². The minimum Gasteiger partial charge on any atom is -0.201 e. The first-order chi connectivity index (χ1) is 22.1. The lowest BCUT2D eigenvalue weighted by molar-refractivity contribution is -0.777. The van der Waals surface area contributed by atoms with E-state index < -0.39 is 0 Å². The van der Waals surface area contributed by atoms with Crippen LogP contribution in [0.4, 0.5) is 0 Å². The lowest BCUT2D eigenvalue weighted by atomic mass is 9.43. The lowest BCUT2D eigenvalue weighted by Crippen LogP contribution is -2.75. The summed E-state index contributed by atoms with van der Waals surface area (Å²) in [6, 6.07) is 29.9. The van der Waals surface area contributed by atoms with E-state index in [1.54, 1.807) is 0 Å². The zero-order valence-corrected chi connectivity index (χ0v) is 27.2. The van der Waals surface area contributed by atoms with Crippen LogP contribution in [-0.2, 0) is 19.0 Å². The minimum atomic E-state index is -0.0868. The van der Waals surface area contributed by atoms with Crippen LogP contribution >= 0.6 is 0 Å². The summed E-state index contributed by atoms with van der Waals surface area (Å²) in [6.45, 7) is 7.14. The highest BCUT2D eigenvalue weighted by Gasteiger charge is 2.71. The Bertz CT molecular complexity index is 2080. The number of pyridine rings is 2. The van der Waals surface area contributed by atoms with E-state index in [1.807, 2.05) is 0 Å². The van der Waals surface area contributed by atoms with Gasteiger partial charge < -0.3 is 0 Å². The quantitative estimate of drug-likeness (QED) is 0.167. The minimum absolute atomic E-state index is 0.0185. The third-order valence-corrected chi connectivity index (χ3v) is 11.6. The highest BCUT2D eigenvalue weighted by Crippen LogP contribution is 2.69. The van der Waals surface area contributed by atoms with Gasteiger partial charge in [-0.15, -0.1) is 0 Å². The van der Waals surface area contributed by atoms with Crippen LogP contribution < -0.4 is 9.13 Å². The van der Waals surface area contributed by atoms with Crippen LogP contribution in [-0.4, -0.2) is 0 Å². The maximum absolute atomic E-state index is 2.69. The van der Waals surface area contributed by atoms with E-state index in [-0.39, 0.29) is 11.0 Å². The van der Waals surface area contributed by atoms with E-state index in [1.165, 1.54) is 73.6 Å². The van der Waals surface area contributed by atoms with Gasteiger partial charge in [0.2, 0.25) is 11.4 Å². The van der Waals surface area contributed by atoms with Gasteiger partial charge in [0.15, 0.2) is 17.9 Å². The summed E-state index contributed by atoms with van der Waals surface area (Å²) in [5, 5.41) is 5.38. The summed E-state index contributed by atoms with van der Waals surface area (Å²) in [7, 11) is 2.18. The fraction of sp³-hybridized carbons (Fsp3) is 0.302. The third-order valence-electron chi connectivity index (χ3n) is 11.6. The Morgan fingerprint density at radius 3 is 2.51 bits per heavy atom. The fourth-order valence-electron chi connectivity index (χ4n) is 9.46. The van der Waals surface area contributed by atoms with Crippen LogP contribution in [0.2, 0.25) is 0 Å². The number of unbranched alkanes of at least 4 members (excludes halogenated alkanes) is 1. The second-order valence-corrected chi connectivity index (χ2v) is 13.5. The molecule has 3 heterocycles. The van der Waals surface area contributed by atoms with Crippen molar-refractivity contribution in [3.05, 3.63) is 132 Å². The molecule has 1 aliphatic heterocycles. The SMILES string of the molecule is CCCCc1ccc2c3[n+](ccc2c1)C1(CC)C=C(c2ccc4ccccc4c2-c2cccc[n+]2C)C1(CC)C1CC=CC=C31. The summed E-state index contributed by atoms with van der Waals surface area (Å²) in [6.07, 6.45) is 21.3. The van der Waals surface area contributed by atoms with Gasteiger partial charge in [-0.05, 0) is 76.8 Å². The maximum Gasteiger partial charge on any atom is 0.217 e. The molecule has 45 heavy (non-hydrogen) atoms. The zero-order valence-electron chi connectivity index (χ0n) is 27.2. The van der Waals surface area contributed by atoms with Gasteiger partial charge >= 0.3 is 0 Å². The molecule has 2 heteroatoms. The summed E-state index contributed by atoms with van der Waals surface area (Å²) >= 11 is 0. The summed E-state index contributed by atoms with van der Waals surface area (Å²) < 4.78 is 4.98. The van der Waals surface area contributed by atoms with Crippen LogP contribution in [0.1, 0.15) is 69.7 Å². The molecule has 3 atom stereocenters. The van der Waals surface area contributed by atoms with Crippen molar-refractivity contribution in [1.29, 1.82) is 0 Å². The normalized spacial score (nSPS) is 23.2. The molecule has 8 rings (SSSR count). The zero-order chi connectivity index (χ0) is 30.8. The van der Waals surface area contributed by atoms with Crippen LogP contribution in [0.25, 0.3) is 43.9 Å². The number of hydrogen-bond donors (Lipinski definition) is 0. The molecule has 3 unspecified atom stereocenters. The van der Waals surface area contributed by atoms with Crippen LogP contribution in [0.5, 0.6) is 0 Å². The van der Waals surface area contributed by atoms with Crippen LogP contribution in [0.15, 0.2) is 116 Å². The van der Waals surface area contributed by atoms with Crippen molar-refractivity contribution in [2.75, 3.05) is 0 Å². The van der Waals surface area contributed by atoms with E-state index in [4.69, 9.17) is 0 Å².